The van der Waals surface area contributed by atoms with Crippen LogP contribution >= 0.6 is 23.1 Å². The van der Waals surface area contributed by atoms with Gasteiger partial charge in [-0.2, -0.15) is 0 Å². The SMILES string of the molecule is C[C@@H](Sc1ncnc2sc3c(c12)CCCC3)C(=O)NCCc1ccccc1. The Morgan fingerprint density at radius 1 is 1.22 bits per heavy atom. The van der Waals surface area contributed by atoms with Crippen LogP contribution in [0.15, 0.2) is 41.7 Å². The molecule has 1 atom stereocenters. The van der Waals surface area contributed by atoms with Crippen LogP contribution in [0, 0.1) is 0 Å². The molecular weight excluding hydrogens is 374 g/mol. The third-order valence-electron chi connectivity index (χ3n) is 4.93. The van der Waals surface area contributed by atoms with Gasteiger partial charge in [-0.05, 0) is 50.2 Å². The molecule has 0 spiro atoms. The summed E-state index contributed by atoms with van der Waals surface area (Å²) in [5, 5.41) is 5.01. The standard InChI is InChI=1S/C21H23N3OS2/c1-14(19(25)22-12-11-15-7-3-2-4-8-15)26-20-18-16-9-5-6-10-17(16)27-21(18)24-13-23-20/h2-4,7-8,13-14H,5-6,9-12H2,1H3,(H,22,25)/t14-/m1/s1. The van der Waals surface area contributed by atoms with Crippen LogP contribution in [0.5, 0.6) is 0 Å². The third kappa shape index (κ3) is 4.17. The van der Waals surface area contributed by atoms with Crippen LogP contribution in [0.25, 0.3) is 10.2 Å². The van der Waals surface area contributed by atoms with E-state index in [-0.39, 0.29) is 11.2 Å². The van der Waals surface area contributed by atoms with E-state index in [1.165, 1.54) is 34.2 Å². The van der Waals surface area contributed by atoms with Gasteiger partial charge < -0.3 is 5.32 Å². The van der Waals surface area contributed by atoms with Gasteiger partial charge in [-0.3, -0.25) is 4.79 Å². The van der Waals surface area contributed by atoms with Crippen molar-refractivity contribution in [3.63, 3.8) is 0 Å². The fourth-order valence-corrected chi connectivity index (χ4v) is 5.75. The van der Waals surface area contributed by atoms with E-state index in [1.54, 1.807) is 29.4 Å². The maximum absolute atomic E-state index is 12.5. The molecule has 6 heteroatoms. The zero-order valence-electron chi connectivity index (χ0n) is 15.4. The van der Waals surface area contributed by atoms with Gasteiger partial charge in [-0.15, -0.1) is 11.3 Å². The monoisotopic (exact) mass is 397 g/mol. The first-order valence-corrected chi connectivity index (χ1v) is 11.2. The highest BCUT2D eigenvalue weighted by Crippen LogP contribution is 2.40. The number of carbonyl (C=O) groups is 1. The molecule has 140 valence electrons. The van der Waals surface area contributed by atoms with Gasteiger partial charge in [-0.1, -0.05) is 42.1 Å². The fourth-order valence-electron chi connectivity index (χ4n) is 3.49. The second-order valence-electron chi connectivity index (χ2n) is 6.86. The second kappa shape index (κ2) is 8.40. The van der Waals surface area contributed by atoms with Crippen LogP contribution in [0.3, 0.4) is 0 Å². The van der Waals surface area contributed by atoms with E-state index in [9.17, 15) is 4.79 Å². The van der Waals surface area contributed by atoms with Crippen molar-refractivity contribution in [1.82, 2.24) is 15.3 Å². The molecule has 2 heterocycles. The highest BCUT2D eigenvalue weighted by molar-refractivity contribution is 8.00. The van der Waals surface area contributed by atoms with E-state index < -0.39 is 0 Å². The van der Waals surface area contributed by atoms with Crippen LogP contribution in [0.2, 0.25) is 0 Å². The lowest BCUT2D eigenvalue weighted by molar-refractivity contribution is -0.120. The van der Waals surface area contributed by atoms with Crippen LogP contribution in [-0.4, -0.2) is 27.7 Å². The minimum atomic E-state index is -0.182. The number of hydrogen-bond donors (Lipinski definition) is 1. The molecular formula is C21H23N3OS2. The predicted molar refractivity (Wildman–Crippen MR) is 113 cm³/mol. The Balaban J connectivity index is 1.42. The van der Waals surface area contributed by atoms with E-state index in [4.69, 9.17) is 0 Å². The molecule has 27 heavy (non-hydrogen) atoms. The smallest absolute Gasteiger partial charge is 0.233 e. The summed E-state index contributed by atoms with van der Waals surface area (Å²) in [5.41, 5.74) is 2.65. The molecule has 0 saturated heterocycles. The first kappa shape index (κ1) is 18.4. The summed E-state index contributed by atoms with van der Waals surface area (Å²) in [6.07, 6.45) is 7.22. The molecule has 1 aliphatic carbocycles. The summed E-state index contributed by atoms with van der Waals surface area (Å²) >= 11 is 3.34. The lowest BCUT2D eigenvalue weighted by Crippen LogP contribution is -2.32. The molecule has 1 amide bonds. The quantitative estimate of drug-likeness (QED) is 0.494. The molecule has 2 aromatic heterocycles. The number of thiophene rings is 1. The molecule has 1 aliphatic rings. The summed E-state index contributed by atoms with van der Waals surface area (Å²) in [6.45, 7) is 2.61. The number of fused-ring (bicyclic) bond motifs is 3. The molecule has 4 nitrogen and oxygen atoms in total. The van der Waals surface area contributed by atoms with Gasteiger partial charge >= 0.3 is 0 Å². The number of benzene rings is 1. The first-order chi connectivity index (χ1) is 13.2. The van der Waals surface area contributed by atoms with Crippen molar-refractivity contribution in [2.75, 3.05) is 6.54 Å². The van der Waals surface area contributed by atoms with E-state index in [0.717, 1.165) is 29.1 Å². The Morgan fingerprint density at radius 2 is 2.04 bits per heavy atom. The van der Waals surface area contributed by atoms with Crippen molar-refractivity contribution in [2.45, 2.75) is 49.3 Å². The number of carbonyl (C=O) groups excluding carboxylic acids is 1. The number of thioether (sulfide) groups is 1. The Kier molecular flexibility index (Phi) is 5.74. The van der Waals surface area contributed by atoms with Gasteiger partial charge in [0.15, 0.2) is 0 Å². The molecule has 0 unspecified atom stereocenters. The summed E-state index contributed by atoms with van der Waals surface area (Å²) < 4.78 is 0. The van der Waals surface area contributed by atoms with Crippen molar-refractivity contribution in [3.8, 4) is 0 Å². The number of nitrogens with one attached hydrogen (secondary N) is 1. The van der Waals surface area contributed by atoms with Crippen molar-refractivity contribution in [1.29, 1.82) is 0 Å². The van der Waals surface area contributed by atoms with Gasteiger partial charge in [0.25, 0.3) is 0 Å². The van der Waals surface area contributed by atoms with E-state index in [0.29, 0.717) is 6.54 Å². The number of aryl methyl sites for hydroxylation is 2. The number of aromatic nitrogens is 2. The van der Waals surface area contributed by atoms with Crippen molar-refractivity contribution >= 4 is 39.2 Å². The van der Waals surface area contributed by atoms with Crippen molar-refractivity contribution < 1.29 is 4.79 Å². The lowest BCUT2D eigenvalue weighted by atomic mass is 9.97. The van der Waals surface area contributed by atoms with Gasteiger partial charge in [0, 0.05) is 16.8 Å². The molecule has 0 saturated carbocycles. The number of amides is 1. The van der Waals surface area contributed by atoms with Crippen LogP contribution in [-0.2, 0) is 24.1 Å². The summed E-state index contributed by atoms with van der Waals surface area (Å²) in [6, 6.07) is 10.2. The molecule has 0 bridgehead atoms. The molecule has 1 N–H and O–H groups in total. The molecule has 1 aromatic carbocycles. The highest BCUT2D eigenvalue weighted by atomic mass is 32.2. The summed E-state index contributed by atoms with van der Waals surface area (Å²) in [5.74, 6) is 0.0618. The minimum Gasteiger partial charge on any atom is -0.355 e. The Morgan fingerprint density at radius 3 is 2.89 bits per heavy atom. The van der Waals surface area contributed by atoms with E-state index in [1.807, 2.05) is 25.1 Å². The van der Waals surface area contributed by atoms with E-state index in [2.05, 4.69) is 27.4 Å². The zero-order chi connectivity index (χ0) is 18.6. The van der Waals surface area contributed by atoms with Gasteiger partial charge in [0.1, 0.15) is 16.2 Å². The predicted octanol–water partition coefficient (Wildman–Crippen LogP) is 4.41. The maximum Gasteiger partial charge on any atom is 0.233 e. The van der Waals surface area contributed by atoms with Crippen LogP contribution < -0.4 is 5.32 Å². The lowest BCUT2D eigenvalue weighted by Gasteiger charge is -2.14. The van der Waals surface area contributed by atoms with Gasteiger partial charge in [0.05, 0.1) is 5.25 Å². The number of rotatable bonds is 6. The average Bonchev–Trinajstić information content (AvgIpc) is 3.08. The Hall–Kier alpha value is -1.92. The van der Waals surface area contributed by atoms with Crippen LogP contribution in [0.1, 0.15) is 35.8 Å². The first-order valence-electron chi connectivity index (χ1n) is 9.46. The second-order valence-corrected chi connectivity index (χ2v) is 9.27. The summed E-state index contributed by atoms with van der Waals surface area (Å²) in [7, 11) is 0. The average molecular weight is 398 g/mol. The molecule has 3 aromatic rings. The molecule has 0 radical (unpaired) electrons. The van der Waals surface area contributed by atoms with Crippen LogP contribution in [0.4, 0.5) is 0 Å². The normalized spacial score (nSPS) is 14.7. The highest BCUT2D eigenvalue weighted by Gasteiger charge is 2.22. The Labute approximate surface area is 167 Å². The fraction of sp³-hybridized carbons (Fsp3) is 0.381. The Bertz CT molecular complexity index is 939. The van der Waals surface area contributed by atoms with Gasteiger partial charge in [0.2, 0.25) is 5.91 Å². The minimum absolute atomic E-state index is 0.0618. The van der Waals surface area contributed by atoms with Crippen molar-refractivity contribution in [3.05, 3.63) is 52.7 Å². The largest absolute Gasteiger partial charge is 0.355 e. The molecule has 0 aliphatic heterocycles. The van der Waals surface area contributed by atoms with E-state index >= 15 is 0 Å². The molecule has 4 rings (SSSR count). The van der Waals surface area contributed by atoms with Crippen molar-refractivity contribution in [2.24, 2.45) is 0 Å². The third-order valence-corrected chi connectivity index (χ3v) is 7.23. The number of hydrogen-bond acceptors (Lipinski definition) is 5. The summed E-state index contributed by atoms with van der Waals surface area (Å²) in [4.78, 5) is 24.0. The maximum atomic E-state index is 12.5. The topological polar surface area (TPSA) is 54.9 Å². The van der Waals surface area contributed by atoms with Gasteiger partial charge in [-0.25, -0.2) is 9.97 Å². The zero-order valence-corrected chi connectivity index (χ0v) is 17.0. The molecule has 0 fully saturated rings. The number of nitrogens with zero attached hydrogens (tertiary/aromatic N) is 2.